The van der Waals surface area contributed by atoms with Gasteiger partial charge in [0.25, 0.3) is 11.7 Å². The summed E-state index contributed by atoms with van der Waals surface area (Å²) in [6.07, 6.45) is 2.18. The Kier molecular flexibility index (Phi) is 5.59. The summed E-state index contributed by atoms with van der Waals surface area (Å²) in [4.78, 5) is 31.6. The first-order chi connectivity index (χ1) is 14.6. The fourth-order valence-electron chi connectivity index (χ4n) is 3.83. The number of Topliss-reactive ketones (excluding diaryl/α,β-unsaturated/α-hetero) is 1. The Hall–Kier alpha value is -3.51. The van der Waals surface area contributed by atoms with Crippen molar-refractivity contribution in [1.29, 1.82) is 0 Å². The highest BCUT2D eigenvalue weighted by molar-refractivity contribution is 6.46. The van der Waals surface area contributed by atoms with Crippen LogP contribution in [0.25, 0.3) is 16.5 Å². The van der Waals surface area contributed by atoms with Gasteiger partial charge in [-0.2, -0.15) is 0 Å². The molecule has 152 valence electrons. The van der Waals surface area contributed by atoms with E-state index in [4.69, 9.17) is 4.74 Å². The summed E-state index contributed by atoms with van der Waals surface area (Å²) in [6, 6.07) is 17.8. The lowest BCUT2D eigenvalue weighted by Gasteiger charge is -2.24. The summed E-state index contributed by atoms with van der Waals surface area (Å²) in [5.41, 5.74) is 1.09. The normalized spacial score (nSPS) is 18.3. The standard InChI is InChI=1S/C24H22N2O4/c1-30-14-6-13-26-21(19-9-4-5-12-25-19)20(23(28)24(26)29)22(27)18-11-10-16-7-2-3-8-17(16)15-18/h2-5,7-12,15,21,27H,6,13-14H2,1H3/b22-20-. The van der Waals surface area contributed by atoms with Gasteiger partial charge < -0.3 is 14.7 Å². The average molecular weight is 402 g/mol. The van der Waals surface area contributed by atoms with E-state index in [0.717, 1.165) is 10.8 Å². The number of carbonyl (C=O) groups is 2. The van der Waals surface area contributed by atoms with Gasteiger partial charge in [-0.05, 0) is 35.4 Å². The number of methoxy groups -OCH3 is 1. The number of aromatic nitrogens is 1. The molecule has 1 amide bonds. The molecular weight excluding hydrogens is 380 g/mol. The lowest BCUT2D eigenvalue weighted by atomic mass is 9.97. The Morgan fingerprint density at radius 1 is 1.07 bits per heavy atom. The van der Waals surface area contributed by atoms with Gasteiger partial charge in [-0.3, -0.25) is 14.6 Å². The number of hydrogen-bond donors (Lipinski definition) is 1. The summed E-state index contributed by atoms with van der Waals surface area (Å²) < 4.78 is 5.09. The fourth-order valence-corrected chi connectivity index (χ4v) is 3.83. The van der Waals surface area contributed by atoms with Crippen molar-refractivity contribution in [3.63, 3.8) is 0 Å². The number of amides is 1. The summed E-state index contributed by atoms with van der Waals surface area (Å²) in [5, 5.41) is 13.1. The molecule has 0 saturated carbocycles. The van der Waals surface area contributed by atoms with Gasteiger partial charge in [0.15, 0.2) is 0 Å². The summed E-state index contributed by atoms with van der Waals surface area (Å²) in [7, 11) is 1.59. The molecule has 3 aromatic rings. The minimum absolute atomic E-state index is 0.0615. The smallest absolute Gasteiger partial charge is 0.295 e. The molecule has 1 fully saturated rings. The lowest BCUT2D eigenvalue weighted by molar-refractivity contribution is -0.140. The average Bonchev–Trinajstić information content (AvgIpc) is 3.04. The molecule has 2 heterocycles. The molecule has 6 nitrogen and oxygen atoms in total. The van der Waals surface area contributed by atoms with Crippen LogP contribution in [0.2, 0.25) is 0 Å². The van der Waals surface area contributed by atoms with Gasteiger partial charge in [0.1, 0.15) is 11.8 Å². The number of hydrogen-bond acceptors (Lipinski definition) is 5. The van der Waals surface area contributed by atoms with Crippen LogP contribution in [0.15, 0.2) is 72.4 Å². The molecule has 1 unspecified atom stereocenters. The van der Waals surface area contributed by atoms with E-state index in [9.17, 15) is 14.7 Å². The summed E-state index contributed by atoms with van der Waals surface area (Å²) >= 11 is 0. The van der Waals surface area contributed by atoms with Crippen molar-refractivity contribution in [2.75, 3.05) is 20.3 Å². The van der Waals surface area contributed by atoms with Crippen LogP contribution < -0.4 is 0 Å². The van der Waals surface area contributed by atoms with Crippen molar-refractivity contribution in [2.45, 2.75) is 12.5 Å². The first kappa shape index (κ1) is 19.8. The number of nitrogens with zero attached hydrogens (tertiary/aromatic N) is 2. The van der Waals surface area contributed by atoms with E-state index < -0.39 is 17.7 Å². The van der Waals surface area contributed by atoms with Crippen LogP contribution >= 0.6 is 0 Å². The molecule has 0 bridgehead atoms. The molecule has 0 aliphatic carbocycles. The predicted octanol–water partition coefficient (Wildman–Crippen LogP) is 3.69. The van der Waals surface area contributed by atoms with Crippen molar-refractivity contribution in [2.24, 2.45) is 0 Å². The Bertz CT molecular complexity index is 1120. The van der Waals surface area contributed by atoms with Gasteiger partial charge in [-0.1, -0.05) is 42.5 Å². The summed E-state index contributed by atoms with van der Waals surface area (Å²) in [5.74, 6) is -1.53. The van der Waals surface area contributed by atoms with Crippen LogP contribution in [0.1, 0.15) is 23.7 Å². The number of ketones is 1. The minimum atomic E-state index is -0.741. The molecule has 1 aliphatic heterocycles. The van der Waals surface area contributed by atoms with Crippen LogP contribution in [0.3, 0.4) is 0 Å². The van der Waals surface area contributed by atoms with Gasteiger partial charge in [-0.15, -0.1) is 0 Å². The second-order valence-electron chi connectivity index (χ2n) is 7.16. The minimum Gasteiger partial charge on any atom is -0.507 e. The Morgan fingerprint density at radius 3 is 2.57 bits per heavy atom. The van der Waals surface area contributed by atoms with Crippen molar-refractivity contribution in [1.82, 2.24) is 9.88 Å². The van der Waals surface area contributed by atoms with Crippen LogP contribution in [0.4, 0.5) is 0 Å². The maximum absolute atomic E-state index is 12.9. The number of fused-ring (bicyclic) bond motifs is 1. The zero-order valence-electron chi connectivity index (χ0n) is 16.6. The number of rotatable bonds is 6. The van der Waals surface area contributed by atoms with Crippen molar-refractivity contribution >= 4 is 28.2 Å². The van der Waals surface area contributed by atoms with E-state index in [1.54, 1.807) is 37.6 Å². The number of benzene rings is 2. The van der Waals surface area contributed by atoms with E-state index in [1.165, 1.54) is 4.90 Å². The van der Waals surface area contributed by atoms with E-state index in [-0.39, 0.29) is 11.3 Å². The SMILES string of the molecule is COCCCN1C(=O)C(=O)/C(=C(\O)c2ccc3ccccc3c2)C1c1ccccn1. The second kappa shape index (κ2) is 8.47. The third-order valence-corrected chi connectivity index (χ3v) is 5.28. The number of pyridine rings is 1. The fraction of sp³-hybridized carbons (Fsp3) is 0.208. The summed E-state index contributed by atoms with van der Waals surface area (Å²) in [6.45, 7) is 0.788. The topological polar surface area (TPSA) is 79.7 Å². The largest absolute Gasteiger partial charge is 0.507 e. The predicted molar refractivity (Wildman–Crippen MR) is 114 cm³/mol. The molecule has 2 aromatic carbocycles. The first-order valence-corrected chi connectivity index (χ1v) is 9.79. The molecule has 1 N–H and O–H groups in total. The molecule has 0 radical (unpaired) electrons. The van der Waals surface area contributed by atoms with Crippen molar-refractivity contribution in [3.8, 4) is 0 Å². The third-order valence-electron chi connectivity index (χ3n) is 5.28. The number of ether oxygens (including phenoxy) is 1. The highest BCUT2D eigenvalue weighted by atomic mass is 16.5. The Labute approximate surface area is 174 Å². The van der Waals surface area contributed by atoms with E-state index >= 15 is 0 Å². The lowest BCUT2D eigenvalue weighted by Crippen LogP contribution is -2.31. The van der Waals surface area contributed by atoms with Crippen molar-refractivity contribution < 1.29 is 19.4 Å². The zero-order valence-corrected chi connectivity index (χ0v) is 16.6. The Balaban J connectivity index is 1.83. The molecule has 1 saturated heterocycles. The van der Waals surface area contributed by atoms with Crippen LogP contribution in [0, 0.1) is 0 Å². The van der Waals surface area contributed by atoms with Gasteiger partial charge in [-0.25, -0.2) is 0 Å². The van der Waals surface area contributed by atoms with E-state index in [1.807, 2.05) is 36.4 Å². The molecule has 1 atom stereocenters. The Morgan fingerprint density at radius 2 is 1.83 bits per heavy atom. The van der Waals surface area contributed by atoms with Gasteiger partial charge in [0.2, 0.25) is 0 Å². The maximum Gasteiger partial charge on any atom is 0.295 e. The van der Waals surface area contributed by atoms with Crippen LogP contribution in [-0.2, 0) is 14.3 Å². The van der Waals surface area contributed by atoms with E-state index in [2.05, 4.69) is 4.98 Å². The molecule has 4 rings (SSSR count). The van der Waals surface area contributed by atoms with Gasteiger partial charge in [0, 0.05) is 32.0 Å². The first-order valence-electron chi connectivity index (χ1n) is 9.79. The molecular formula is C24H22N2O4. The zero-order chi connectivity index (χ0) is 21.1. The highest BCUT2D eigenvalue weighted by Crippen LogP contribution is 2.38. The monoisotopic (exact) mass is 402 g/mol. The molecule has 30 heavy (non-hydrogen) atoms. The quantitative estimate of drug-likeness (QED) is 0.294. The third kappa shape index (κ3) is 3.57. The van der Waals surface area contributed by atoms with Crippen LogP contribution in [0.5, 0.6) is 0 Å². The molecule has 6 heteroatoms. The molecule has 1 aromatic heterocycles. The van der Waals surface area contributed by atoms with E-state index in [0.29, 0.717) is 30.8 Å². The number of aliphatic hydroxyl groups is 1. The second-order valence-corrected chi connectivity index (χ2v) is 7.16. The molecule has 1 aliphatic rings. The highest BCUT2D eigenvalue weighted by Gasteiger charge is 2.46. The van der Waals surface area contributed by atoms with Gasteiger partial charge >= 0.3 is 0 Å². The number of aliphatic hydroxyl groups excluding tert-OH is 1. The number of carbonyl (C=O) groups excluding carboxylic acids is 2. The molecule has 0 spiro atoms. The van der Waals surface area contributed by atoms with Crippen molar-refractivity contribution in [3.05, 3.63) is 83.7 Å². The van der Waals surface area contributed by atoms with Gasteiger partial charge in [0.05, 0.1) is 11.3 Å². The maximum atomic E-state index is 12.9. The van der Waals surface area contributed by atoms with Crippen LogP contribution in [-0.4, -0.2) is 46.9 Å². The number of likely N-dealkylation sites (tertiary alicyclic amines) is 1.